The zero-order valence-electron chi connectivity index (χ0n) is 11.7. The van der Waals surface area contributed by atoms with Gasteiger partial charge < -0.3 is 19.5 Å². The van der Waals surface area contributed by atoms with Crippen molar-refractivity contribution in [2.24, 2.45) is 0 Å². The highest BCUT2D eigenvalue weighted by molar-refractivity contribution is 5.53. The molecule has 0 aliphatic carbocycles. The second kappa shape index (κ2) is 5.91. The number of ether oxygens (including phenoxy) is 3. The monoisotopic (exact) mass is 289 g/mol. The lowest BCUT2D eigenvalue weighted by Gasteiger charge is -2.21. The summed E-state index contributed by atoms with van der Waals surface area (Å²) in [5.41, 5.74) is 1.32. The van der Waals surface area contributed by atoms with Crippen molar-refractivity contribution in [3.05, 3.63) is 47.8 Å². The molecule has 0 bridgehead atoms. The molecule has 2 aromatic carbocycles. The highest BCUT2D eigenvalue weighted by Gasteiger charge is 2.15. The van der Waals surface area contributed by atoms with E-state index in [1.165, 1.54) is 6.07 Å². The summed E-state index contributed by atoms with van der Waals surface area (Å²) in [6.07, 6.45) is 0. The number of methoxy groups -OCH3 is 1. The Morgan fingerprint density at radius 3 is 2.90 bits per heavy atom. The predicted octanol–water partition coefficient (Wildman–Crippen LogP) is 3.22. The third-order valence-electron chi connectivity index (χ3n) is 3.29. The zero-order valence-corrected chi connectivity index (χ0v) is 11.7. The van der Waals surface area contributed by atoms with E-state index in [4.69, 9.17) is 14.2 Å². The van der Waals surface area contributed by atoms with Crippen molar-refractivity contribution in [3.63, 3.8) is 0 Å². The summed E-state index contributed by atoms with van der Waals surface area (Å²) in [5.74, 6) is 1.73. The fraction of sp³-hybridized carbons (Fsp3) is 0.250. The topological polar surface area (TPSA) is 39.7 Å². The van der Waals surface area contributed by atoms with Gasteiger partial charge in [-0.3, -0.25) is 0 Å². The molecule has 1 aliphatic heterocycles. The van der Waals surface area contributed by atoms with Gasteiger partial charge in [-0.25, -0.2) is 4.39 Å². The normalized spacial score (nSPS) is 12.9. The fourth-order valence-electron chi connectivity index (χ4n) is 2.23. The van der Waals surface area contributed by atoms with Crippen LogP contribution in [0.5, 0.6) is 17.2 Å². The maximum absolute atomic E-state index is 13.8. The minimum atomic E-state index is -0.322. The molecular formula is C16H16FNO3. The van der Waals surface area contributed by atoms with Gasteiger partial charge in [-0.2, -0.15) is 0 Å². The molecule has 0 radical (unpaired) electrons. The largest absolute Gasteiger partial charge is 0.497 e. The number of hydrogen-bond donors (Lipinski definition) is 1. The van der Waals surface area contributed by atoms with Gasteiger partial charge in [0.05, 0.1) is 12.8 Å². The highest BCUT2D eigenvalue weighted by Crippen LogP contribution is 2.34. The molecule has 3 rings (SSSR count). The van der Waals surface area contributed by atoms with Gasteiger partial charge in [0.25, 0.3) is 0 Å². The molecule has 0 saturated heterocycles. The van der Waals surface area contributed by atoms with Crippen LogP contribution in [0.4, 0.5) is 10.1 Å². The van der Waals surface area contributed by atoms with Gasteiger partial charge in [0.15, 0.2) is 11.5 Å². The summed E-state index contributed by atoms with van der Waals surface area (Å²) in [7, 11) is 1.55. The van der Waals surface area contributed by atoms with E-state index in [0.29, 0.717) is 31.2 Å². The van der Waals surface area contributed by atoms with Crippen LogP contribution in [0.25, 0.3) is 0 Å². The number of hydrogen-bond acceptors (Lipinski definition) is 4. The molecule has 1 N–H and O–H groups in total. The number of rotatable bonds is 4. The van der Waals surface area contributed by atoms with Gasteiger partial charge in [0.2, 0.25) is 0 Å². The van der Waals surface area contributed by atoms with Crippen molar-refractivity contribution in [2.75, 3.05) is 25.6 Å². The van der Waals surface area contributed by atoms with Crippen LogP contribution in [-0.4, -0.2) is 20.3 Å². The lowest BCUT2D eigenvalue weighted by Crippen LogP contribution is -2.17. The first-order valence-corrected chi connectivity index (χ1v) is 6.73. The molecule has 4 nitrogen and oxygen atoms in total. The third-order valence-corrected chi connectivity index (χ3v) is 3.29. The number of nitrogens with one attached hydrogen (secondary N) is 1. The summed E-state index contributed by atoms with van der Waals surface area (Å²) in [4.78, 5) is 0. The molecule has 1 heterocycles. The number of halogens is 1. The summed E-state index contributed by atoms with van der Waals surface area (Å²) >= 11 is 0. The molecule has 0 fully saturated rings. The van der Waals surface area contributed by atoms with Crippen molar-refractivity contribution in [3.8, 4) is 17.2 Å². The lowest BCUT2D eigenvalue weighted by molar-refractivity contribution is 0.170. The average molecular weight is 289 g/mol. The van der Waals surface area contributed by atoms with Crippen molar-refractivity contribution in [2.45, 2.75) is 6.54 Å². The predicted molar refractivity (Wildman–Crippen MR) is 77.7 cm³/mol. The molecule has 0 saturated carbocycles. The Kier molecular flexibility index (Phi) is 3.81. The fourth-order valence-corrected chi connectivity index (χ4v) is 2.23. The molecule has 1 aliphatic rings. The third kappa shape index (κ3) is 2.86. The van der Waals surface area contributed by atoms with Crippen LogP contribution in [0.1, 0.15) is 5.56 Å². The molecule has 0 unspecified atom stereocenters. The van der Waals surface area contributed by atoms with E-state index in [-0.39, 0.29) is 5.82 Å². The Bertz CT molecular complexity index is 645. The minimum absolute atomic E-state index is 0.322. The lowest BCUT2D eigenvalue weighted by atomic mass is 10.1. The van der Waals surface area contributed by atoms with Crippen LogP contribution < -0.4 is 19.5 Å². The Labute approximate surface area is 122 Å². The Morgan fingerprint density at radius 2 is 2.05 bits per heavy atom. The molecule has 0 aromatic heterocycles. The van der Waals surface area contributed by atoms with Crippen LogP contribution >= 0.6 is 0 Å². The Balaban J connectivity index is 1.79. The standard InChI is InChI=1S/C16H16FNO3/c1-19-12-5-6-13(17)14(9-12)18-10-11-3-2-4-15-16(11)21-8-7-20-15/h2-6,9,18H,7-8,10H2,1H3. The maximum atomic E-state index is 13.8. The zero-order chi connectivity index (χ0) is 14.7. The van der Waals surface area contributed by atoms with E-state index in [9.17, 15) is 4.39 Å². The van der Waals surface area contributed by atoms with Crippen molar-refractivity contribution in [1.29, 1.82) is 0 Å². The van der Waals surface area contributed by atoms with Crippen LogP contribution in [0.3, 0.4) is 0 Å². The molecule has 0 atom stereocenters. The van der Waals surface area contributed by atoms with Crippen LogP contribution in [-0.2, 0) is 6.54 Å². The second-order valence-corrected chi connectivity index (χ2v) is 4.64. The van der Waals surface area contributed by atoms with Crippen molar-refractivity contribution < 1.29 is 18.6 Å². The van der Waals surface area contributed by atoms with Crippen LogP contribution in [0.2, 0.25) is 0 Å². The first-order chi connectivity index (χ1) is 10.3. The summed E-state index contributed by atoms with van der Waals surface area (Å²) in [6.45, 7) is 1.52. The second-order valence-electron chi connectivity index (χ2n) is 4.64. The number of anilines is 1. The number of para-hydroxylation sites is 1. The maximum Gasteiger partial charge on any atom is 0.166 e. The molecule has 21 heavy (non-hydrogen) atoms. The van der Waals surface area contributed by atoms with Gasteiger partial charge >= 0.3 is 0 Å². The minimum Gasteiger partial charge on any atom is -0.497 e. The van der Waals surface area contributed by atoms with Crippen LogP contribution in [0.15, 0.2) is 36.4 Å². The number of fused-ring (bicyclic) bond motifs is 1. The SMILES string of the molecule is COc1ccc(F)c(NCc2cccc3c2OCCO3)c1. The molecule has 2 aromatic rings. The van der Waals surface area contributed by atoms with Crippen molar-refractivity contribution in [1.82, 2.24) is 0 Å². The molecule has 5 heteroatoms. The molecular weight excluding hydrogens is 273 g/mol. The Morgan fingerprint density at radius 1 is 1.19 bits per heavy atom. The summed E-state index contributed by atoms with van der Waals surface area (Å²) < 4.78 is 30.0. The Hall–Kier alpha value is -2.43. The molecule has 0 amide bonds. The van der Waals surface area contributed by atoms with Crippen molar-refractivity contribution >= 4 is 5.69 Å². The quantitative estimate of drug-likeness (QED) is 0.938. The molecule has 110 valence electrons. The van der Waals surface area contributed by atoms with E-state index < -0.39 is 0 Å². The number of benzene rings is 2. The first kappa shape index (κ1) is 13.5. The van der Waals surface area contributed by atoms with E-state index in [1.54, 1.807) is 19.2 Å². The van der Waals surface area contributed by atoms with Crippen LogP contribution in [0, 0.1) is 5.82 Å². The van der Waals surface area contributed by atoms with E-state index in [1.807, 2.05) is 18.2 Å². The first-order valence-electron chi connectivity index (χ1n) is 6.73. The van der Waals surface area contributed by atoms with Gasteiger partial charge in [0, 0.05) is 18.2 Å². The van der Waals surface area contributed by atoms with E-state index in [2.05, 4.69) is 5.32 Å². The summed E-state index contributed by atoms with van der Waals surface area (Å²) in [5, 5.41) is 3.06. The smallest absolute Gasteiger partial charge is 0.166 e. The average Bonchev–Trinajstić information content (AvgIpc) is 2.54. The van der Waals surface area contributed by atoms with E-state index >= 15 is 0 Å². The summed E-state index contributed by atoms with van der Waals surface area (Å²) in [6, 6.07) is 10.3. The highest BCUT2D eigenvalue weighted by atomic mass is 19.1. The van der Waals surface area contributed by atoms with Gasteiger partial charge in [-0.15, -0.1) is 0 Å². The van der Waals surface area contributed by atoms with Gasteiger partial charge in [0.1, 0.15) is 24.8 Å². The molecule has 0 spiro atoms. The van der Waals surface area contributed by atoms with Gasteiger partial charge in [-0.1, -0.05) is 12.1 Å². The van der Waals surface area contributed by atoms with Gasteiger partial charge in [-0.05, 0) is 18.2 Å². The van der Waals surface area contributed by atoms with E-state index in [0.717, 1.165) is 17.1 Å².